The maximum Gasteiger partial charge on any atom is 0.223 e. The Morgan fingerprint density at radius 1 is 0.900 bits per heavy atom. The van der Waals surface area contributed by atoms with Crippen LogP contribution >= 0.6 is 0 Å². The van der Waals surface area contributed by atoms with Crippen LogP contribution < -0.4 is 5.73 Å². The first-order valence-corrected chi connectivity index (χ1v) is 7.96. The van der Waals surface area contributed by atoms with Crippen LogP contribution in [0.3, 0.4) is 0 Å². The van der Waals surface area contributed by atoms with Crippen LogP contribution in [0.5, 0.6) is 0 Å². The van der Waals surface area contributed by atoms with E-state index in [-0.39, 0.29) is 11.8 Å². The highest BCUT2D eigenvalue weighted by atomic mass is 16.2. The second-order valence-corrected chi connectivity index (χ2v) is 6.01. The van der Waals surface area contributed by atoms with Gasteiger partial charge in [0.25, 0.3) is 0 Å². The summed E-state index contributed by atoms with van der Waals surface area (Å²) in [5.74, 6) is 1.00. The van der Waals surface area contributed by atoms with Crippen LogP contribution in [0.2, 0.25) is 0 Å². The van der Waals surface area contributed by atoms with Gasteiger partial charge in [0.15, 0.2) is 0 Å². The fourth-order valence-electron chi connectivity index (χ4n) is 3.29. The van der Waals surface area contributed by atoms with E-state index in [1.165, 1.54) is 25.7 Å². The van der Waals surface area contributed by atoms with Crippen molar-refractivity contribution in [2.45, 2.75) is 44.9 Å². The van der Waals surface area contributed by atoms with E-state index >= 15 is 0 Å². The molecule has 0 aromatic heterocycles. The van der Waals surface area contributed by atoms with Crippen LogP contribution in [0.4, 0.5) is 0 Å². The van der Waals surface area contributed by atoms with Gasteiger partial charge in [0.05, 0.1) is 0 Å². The van der Waals surface area contributed by atoms with Gasteiger partial charge in [-0.3, -0.25) is 9.59 Å². The summed E-state index contributed by atoms with van der Waals surface area (Å²) in [5, 5.41) is 0. The fraction of sp³-hybridized carbons (Fsp3) is 0.867. The Kier molecular flexibility index (Phi) is 5.83. The van der Waals surface area contributed by atoms with E-state index < -0.39 is 0 Å². The molecule has 0 bridgehead atoms. The molecule has 0 atom stereocenters. The van der Waals surface area contributed by atoms with E-state index in [1.54, 1.807) is 0 Å². The molecule has 0 aromatic carbocycles. The van der Waals surface area contributed by atoms with Crippen molar-refractivity contribution in [1.29, 1.82) is 0 Å². The fourth-order valence-corrected chi connectivity index (χ4v) is 3.29. The van der Waals surface area contributed by atoms with E-state index in [0.29, 0.717) is 38.4 Å². The maximum absolute atomic E-state index is 12.3. The zero-order valence-corrected chi connectivity index (χ0v) is 12.4. The number of rotatable bonds is 4. The number of nitrogens with zero attached hydrogens (tertiary/aromatic N) is 2. The molecule has 20 heavy (non-hydrogen) atoms. The van der Waals surface area contributed by atoms with Gasteiger partial charge in [0.2, 0.25) is 11.8 Å². The van der Waals surface area contributed by atoms with Gasteiger partial charge < -0.3 is 15.5 Å². The van der Waals surface area contributed by atoms with Gasteiger partial charge in [-0.05, 0) is 25.2 Å². The Hall–Kier alpha value is -1.10. The van der Waals surface area contributed by atoms with Crippen LogP contribution in [0.25, 0.3) is 0 Å². The molecule has 1 aliphatic heterocycles. The SMILES string of the molecule is NCCC(=O)N1CCCN(C(=O)CC2CCCC2)CC1. The largest absolute Gasteiger partial charge is 0.341 e. The smallest absolute Gasteiger partial charge is 0.223 e. The zero-order valence-electron chi connectivity index (χ0n) is 12.4. The summed E-state index contributed by atoms with van der Waals surface area (Å²) in [6.45, 7) is 3.29. The van der Waals surface area contributed by atoms with Crippen molar-refractivity contribution in [1.82, 2.24) is 9.80 Å². The third-order valence-electron chi connectivity index (χ3n) is 4.50. The number of nitrogens with two attached hydrogens (primary N) is 1. The normalized spacial score (nSPS) is 21.1. The van der Waals surface area contributed by atoms with Crippen LogP contribution in [0.15, 0.2) is 0 Å². The van der Waals surface area contributed by atoms with E-state index in [0.717, 1.165) is 19.5 Å². The highest BCUT2D eigenvalue weighted by Crippen LogP contribution is 2.28. The van der Waals surface area contributed by atoms with Crippen LogP contribution in [-0.2, 0) is 9.59 Å². The lowest BCUT2D eigenvalue weighted by Crippen LogP contribution is -2.38. The first-order chi connectivity index (χ1) is 9.70. The molecule has 1 saturated heterocycles. The number of hydrogen-bond donors (Lipinski definition) is 1. The van der Waals surface area contributed by atoms with Crippen molar-refractivity contribution in [3.05, 3.63) is 0 Å². The van der Waals surface area contributed by atoms with Gasteiger partial charge >= 0.3 is 0 Å². The minimum atomic E-state index is 0.123. The van der Waals surface area contributed by atoms with E-state index in [1.807, 2.05) is 9.80 Å². The van der Waals surface area contributed by atoms with Gasteiger partial charge in [-0.2, -0.15) is 0 Å². The molecule has 5 nitrogen and oxygen atoms in total. The molecule has 1 saturated carbocycles. The molecule has 2 N–H and O–H groups in total. The molecule has 1 heterocycles. The molecule has 0 radical (unpaired) electrons. The topological polar surface area (TPSA) is 66.6 Å². The average molecular weight is 281 g/mol. The van der Waals surface area contributed by atoms with E-state index in [4.69, 9.17) is 5.73 Å². The Morgan fingerprint density at radius 3 is 2.10 bits per heavy atom. The summed E-state index contributed by atoms with van der Waals surface area (Å²) < 4.78 is 0. The number of amides is 2. The monoisotopic (exact) mass is 281 g/mol. The average Bonchev–Trinajstić information content (AvgIpc) is 2.80. The molecular weight excluding hydrogens is 254 g/mol. The van der Waals surface area contributed by atoms with Crippen molar-refractivity contribution in [2.75, 3.05) is 32.7 Å². The predicted octanol–water partition coefficient (Wildman–Crippen LogP) is 0.976. The number of hydrogen-bond acceptors (Lipinski definition) is 3. The molecule has 2 amide bonds. The third kappa shape index (κ3) is 4.20. The van der Waals surface area contributed by atoms with Crippen molar-refractivity contribution in [3.63, 3.8) is 0 Å². The Labute approximate surface area is 121 Å². The van der Waals surface area contributed by atoms with Crippen LogP contribution in [-0.4, -0.2) is 54.3 Å². The molecule has 0 spiro atoms. The second-order valence-electron chi connectivity index (χ2n) is 6.01. The van der Waals surface area contributed by atoms with Gasteiger partial charge in [0, 0.05) is 45.6 Å². The first kappa shape index (κ1) is 15.3. The maximum atomic E-state index is 12.3. The number of carbonyl (C=O) groups excluding carboxylic acids is 2. The number of carbonyl (C=O) groups is 2. The Balaban J connectivity index is 1.79. The molecule has 5 heteroatoms. The summed E-state index contributed by atoms with van der Waals surface area (Å²) in [5.41, 5.74) is 5.43. The van der Waals surface area contributed by atoms with E-state index in [9.17, 15) is 9.59 Å². The minimum Gasteiger partial charge on any atom is -0.341 e. The summed E-state index contributed by atoms with van der Waals surface area (Å²) >= 11 is 0. The summed E-state index contributed by atoms with van der Waals surface area (Å²) in [6, 6.07) is 0. The Bertz CT molecular complexity index is 340. The quantitative estimate of drug-likeness (QED) is 0.835. The molecule has 2 aliphatic rings. The van der Waals surface area contributed by atoms with E-state index in [2.05, 4.69) is 0 Å². The van der Waals surface area contributed by atoms with Gasteiger partial charge in [-0.15, -0.1) is 0 Å². The molecule has 1 aliphatic carbocycles. The van der Waals surface area contributed by atoms with Crippen molar-refractivity contribution in [3.8, 4) is 0 Å². The summed E-state index contributed by atoms with van der Waals surface area (Å²) in [4.78, 5) is 28.0. The van der Waals surface area contributed by atoms with Gasteiger partial charge in [-0.25, -0.2) is 0 Å². The summed E-state index contributed by atoms with van der Waals surface area (Å²) in [7, 11) is 0. The Morgan fingerprint density at radius 2 is 1.50 bits per heavy atom. The van der Waals surface area contributed by atoms with Crippen molar-refractivity contribution >= 4 is 11.8 Å². The highest BCUT2D eigenvalue weighted by molar-refractivity contribution is 5.78. The summed E-state index contributed by atoms with van der Waals surface area (Å²) in [6.07, 6.45) is 6.97. The van der Waals surface area contributed by atoms with Gasteiger partial charge in [0.1, 0.15) is 0 Å². The molecule has 114 valence electrons. The highest BCUT2D eigenvalue weighted by Gasteiger charge is 2.24. The predicted molar refractivity (Wildman–Crippen MR) is 78.0 cm³/mol. The lowest BCUT2D eigenvalue weighted by atomic mass is 10.0. The van der Waals surface area contributed by atoms with Crippen molar-refractivity contribution < 1.29 is 9.59 Å². The molecule has 0 aromatic rings. The van der Waals surface area contributed by atoms with Crippen LogP contribution in [0, 0.1) is 5.92 Å². The lowest BCUT2D eigenvalue weighted by Gasteiger charge is -2.23. The van der Waals surface area contributed by atoms with Crippen molar-refractivity contribution in [2.24, 2.45) is 11.7 Å². The van der Waals surface area contributed by atoms with Crippen LogP contribution in [0.1, 0.15) is 44.9 Å². The standard InChI is InChI=1S/C15H27N3O2/c16-7-6-14(19)17-8-3-9-18(11-10-17)15(20)12-13-4-1-2-5-13/h13H,1-12,16H2. The second kappa shape index (κ2) is 7.62. The first-order valence-electron chi connectivity index (χ1n) is 7.96. The third-order valence-corrected chi connectivity index (χ3v) is 4.50. The zero-order chi connectivity index (χ0) is 14.4. The lowest BCUT2D eigenvalue weighted by molar-refractivity contribution is -0.134. The molecule has 2 rings (SSSR count). The minimum absolute atomic E-state index is 0.123. The molecular formula is C15H27N3O2. The molecule has 0 unspecified atom stereocenters. The van der Waals surface area contributed by atoms with Gasteiger partial charge in [-0.1, -0.05) is 12.8 Å². The molecule has 2 fully saturated rings.